The zero-order valence-electron chi connectivity index (χ0n) is 15.8. The van der Waals surface area contributed by atoms with Crippen LogP contribution in [-0.2, 0) is 11.2 Å². The number of fused-ring (bicyclic) bond motifs is 2. The first-order valence-electron chi connectivity index (χ1n) is 9.31. The third-order valence-corrected chi connectivity index (χ3v) is 4.93. The fraction of sp³-hybridized carbons (Fsp3) is 0.409. The minimum Gasteiger partial charge on any atom is -0.549 e. The van der Waals surface area contributed by atoms with E-state index in [0.29, 0.717) is 17.1 Å². The van der Waals surface area contributed by atoms with Gasteiger partial charge in [-0.15, -0.1) is 0 Å². The van der Waals surface area contributed by atoms with Crippen LogP contribution in [-0.4, -0.2) is 5.97 Å². The first-order valence-corrected chi connectivity index (χ1v) is 9.31. The van der Waals surface area contributed by atoms with Crippen molar-refractivity contribution in [1.29, 1.82) is 0 Å². The fourth-order valence-electron chi connectivity index (χ4n) is 3.65. The van der Waals surface area contributed by atoms with Gasteiger partial charge in [0.05, 0.1) is 11.9 Å². The van der Waals surface area contributed by atoms with Crippen molar-refractivity contribution >= 4 is 5.97 Å². The van der Waals surface area contributed by atoms with Gasteiger partial charge in [-0.3, -0.25) is 0 Å². The van der Waals surface area contributed by atoms with Crippen LogP contribution < -0.4 is 61.2 Å². The zero-order valence-corrected chi connectivity index (χ0v) is 18.9. The number of carbonyl (C=O) groups excluding carboxylic acids is 1. The summed E-state index contributed by atoms with van der Waals surface area (Å²) in [5.41, 5.74) is 2.52. The van der Waals surface area contributed by atoms with Gasteiger partial charge in [-0.05, 0) is 30.5 Å². The van der Waals surface area contributed by atoms with E-state index >= 15 is 0 Å². The van der Waals surface area contributed by atoms with E-state index in [2.05, 4.69) is 6.92 Å². The van der Waals surface area contributed by atoms with Crippen molar-refractivity contribution < 1.29 is 66.0 Å². The Hall–Kier alpha value is -0.654. The second kappa shape index (κ2) is 10.6. The molecule has 0 N–H and O–H groups in total. The third kappa shape index (κ3) is 4.99. The average Bonchev–Trinajstić information content (AvgIpc) is 2.62. The van der Waals surface area contributed by atoms with Crippen LogP contribution in [0.2, 0.25) is 0 Å². The summed E-state index contributed by atoms with van der Waals surface area (Å²) in [5.74, 6) is -0.555. The van der Waals surface area contributed by atoms with Crippen LogP contribution in [0.15, 0.2) is 42.5 Å². The largest absolute Gasteiger partial charge is 1.00 e. The normalized spacial score (nSPS) is 14.6. The van der Waals surface area contributed by atoms with E-state index in [1.807, 2.05) is 42.5 Å². The molecule has 2 aromatic rings. The molecule has 1 aliphatic rings. The molecule has 0 bridgehead atoms. The average molecular weight is 377 g/mol. The molecule has 26 heavy (non-hydrogen) atoms. The molecule has 0 aliphatic carbocycles. The number of ether oxygens (including phenoxy) is 1. The smallest absolute Gasteiger partial charge is 0.549 e. The maximum Gasteiger partial charge on any atom is 1.00 e. The minimum atomic E-state index is -1.06. The summed E-state index contributed by atoms with van der Waals surface area (Å²) in [6, 6.07) is 13.2. The first kappa shape index (κ1) is 21.6. The van der Waals surface area contributed by atoms with Crippen molar-refractivity contribution in [3.05, 3.63) is 59.2 Å². The summed E-state index contributed by atoms with van der Waals surface area (Å²) in [4.78, 5) is 11.9. The number of aryl methyl sites for hydroxylation is 1. The van der Waals surface area contributed by atoms with Crippen molar-refractivity contribution in [3.63, 3.8) is 0 Å². The van der Waals surface area contributed by atoms with Gasteiger partial charge >= 0.3 is 51.4 Å². The van der Waals surface area contributed by atoms with Crippen LogP contribution >= 0.6 is 0 Å². The molecule has 1 heterocycles. The second-order valence-corrected chi connectivity index (χ2v) is 6.74. The Bertz CT molecular complexity index is 742. The zero-order chi connectivity index (χ0) is 17.6. The number of aliphatic carboxylic acids is 1. The molecule has 3 rings (SSSR count). The number of carbonyl (C=O) groups is 1. The monoisotopic (exact) mass is 376 g/mol. The summed E-state index contributed by atoms with van der Waals surface area (Å²) in [7, 11) is 0. The Kier molecular flexibility index (Phi) is 8.84. The van der Waals surface area contributed by atoms with Gasteiger partial charge in [-0.2, -0.15) is 0 Å². The Morgan fingerprint density at radius 3 is 2.42 bits per heavy atom. The van der Waals surface area contributed by atoms with Crippen LogP contribution in [0.3, 0.4) is 0 Å². The maximum atomic E-state index is 11.9. The molecule has 132 valence electrons. The number of para-hydroxylation sites is 1. The molecule has 4 heteroatoms. The quantitative estimate of drug-likeness (QED) is 0.519. The molecule has 1 aliphatic heterocycles. The van der Waals surface area contributed by atoms with Crippen LogP contribution in [0.1, 0.15) is 68.1 Å². The van der Waals surface area contributed by atoms with Gasteiger partial charge in [0.25, 0.3) is 0 Å². The Labute approximate surface area is 198 Å². The topological polar surface area (TPSA) is 49.4 Å². The van der Waals surface area contributed by atoms with Crippen LogP contribution in [0, 0.1) is 0 Å². The third-order valence-electron chi connectivity index (χ3n) is 4.93. The molecule has 3 nitrogen and oxygen atoms in total. The van der Waals surface area contributed by atoms with Crippen molar-refractivity contribution in [1.82, 2.24) is 0 Å². The van der Waals surface area contributed by atoms with Crippen molar-refractivity contribution in [2.24, 2.45) is 0 Å². The number of carboxylic acid groups (broad SMARTS) is 1. The van der Waals surface area contributed by atoms with Gasteiger partial charge in [-0.25, -0.2) is 0 Å². The van der Waals surface area contributed by atoms with E-state index in [1.165, 1.54) is 32.1 Å². The number of benzene rings is 2. The fourth-order valence-corrected chi connectivity index (χ4v) is 3.65. The number of rotatable bonds is 8. The predicted octanol–water partition coefficient (Wildman–Crippen LogP) is 1.58. The summed E-state index contributed by atoms with van der Waals surface area (Å²) in [5, 5.41) is 11.9. The Balaban J connectivity index is 0.00000243. The molecule has 0 saturated heterocycles. The molecule has 0 amide bonds. The van der Waals surface area contributed by atoms with Crippen LogP contribution in [0.25, 0.3) is 0 Å². The van der Waals surface area contributed by atoms with Gasteiger partial charge in [0, 0.05) is 11.1 Å². The molecule has 0 radical (unpaired) electrons. The molecule has 0 saturated carbocycles. The molecule has 1 unspecified atom stereocenters. The number of hydrogen-bond acceptors (Lipinski definition) is 3. The maximum absolute atomic E-state index is 11.9. The molecule has 2 aromatic carbocycles. The van der Waals surface area contributed by atoms with E-state index in [0.717, 1.165) is 24.0 Å². The van der Waals surface area contributed by atoms with E-state index in [9.17, 15) is 9.90 Å². The van der Waals surface area contributed by atoms with E-state index in [4.69, 9.17) is 4.74 Å². The second-order valence-electron chi connectivity index (χ2n) is 6.74. The minimum absolute atomic E-state index is 0. The number of carboxylic acids is 1. The number of hydrogen-bond donors (Lipinski definition) is 0. The molecular weight excluding hydrogens is 351 g/mol. The van der Waals surface area contributed by atoms with Crippen molar-refractivity contribution in [3.8, 4) is 11.5 Å². The van der Waals surface area contributed by atoms with Crippen LogP contribution in [0.5, 0.6) is 11.5 Å². The number of unbranched alkanes of at least 4 members (excludes halogenated alkanes) is 5. The van der Waals surface area contributed by atoms with Gasteiger partial charge in [-0.1, -0.05) is 69.4 Å². The SMILES string of the molecule is CCCCCCCCc1cccc2c1C(C(=O)[O-])c1ccccc1O2.[K+]. The molecule has 0 fully saturated rings. The summed E-state index contributed by atoms with van der Waals surface area (Å²) < 4.78 is 5.97. The first-order chi connectivity index (χ1) is 12.2. The molecule has 1 atom stereocenters. The van der Waals surface area contributed by atoms with Gasteiger partial charge in [0.1, 0.15) is 11.5 Å². The Morgan fingerprint density at radius 1 is 0.962 bits per heavy atom. The summed E-state index contributed by atoms with van der Waals surface area (Å²) >= 11 is 0. The van der Waals surface area contributed by atoms with Gasteiger partial charge in [0.2, 0.25) is 0 Å². The van der Waals surface area contributed by atoms with Crippen LogP contribution in [0.4, 0.5) is 0 Å². The van der Waals surface area contributed by atoms with E-state index in [1.54, 1.807) is 0 Å². The van der Waals surface area contributed by atoms with Gasteiger partial charge < -0.3 is 14.6 Å². The predicted molar refractivity (Wildman–Crippen MR) is 96.9 cm³/mol. The summed E-state index contributed by atoms with van der Waals surface area (Å²) in [6.45, 7) is 2.22. The van der Waals surface area contributed by atoms with Crippen molar-refractivity contribution in [2.45, 2.75) is 57.8 Å². The Morgan fingerprint density at radius 2 is 1.65 bits per heavy atom. The molecule has 0 spiro atoms. The van der Waals surface area contributed by atoms with E-state index in [-0.39, 0.29) is 51.4 Å². The van der Waals surface area contributed by atoms with E-state index < -0.39 is 11.9 Å². The standard InChI is InChI=1S/C22H26O3.K/c1-2-3-4-5-6-7-11-16-12-10-15-19-20(16)21(22(23)24)17-13-8-9-14-18(17)25-19;/h8-10,12-15,21H,2-7,11H2,1H3,(H,23,24);/q;+1/p-1. The molecular formula is C22H25KO3. The van der Waals surface area contributed by atoms with Crippen molar-refractivity contribution in [2.75, 3.05) is 0 Å². The summed E-state index contributed by atoms with van der Waals surface area (Å²) in [6.07, 6.45) is 8.19. The molecule has 0 aromatic heterocycles. The van der Waals surface area contributed by atoms with Gasteiger partial charge in [0.15, 0.2) is 0 Å².